The fourth-order valence-electron chi connectivity index (χ4n) is 4.66. The number of H-pyrrole nitrogens is 1. The molecule has 1 fully saturated rings. The predicted octanol–water partition coefficient (Wildman–Crippen LogP) is 3.56. The van der Waals surface area contributed by atoms with Gasteiger partial charge in [-0.1, -0.05) is 17.2 Å². The fourth-order valence-corrected chi connectivity index (χ4v) is 5.43. The van der Waals surface area contributed by atoms with Crippen molar-refractivity contribution < 1.29 is 37.9 Å². The van der Waals surface area contributed by atoms with E-state index in [-0.39, 0.29) is 36.8 Å². The number of nitrogens with zero attached hydrogens (tertiary/aromatic N) is 5. The highest BCUT2D eigenvalue weighted by atomic mass is 31.2. The first-order chi connectivity index (χ1) is 20.5. The van der Waals surface area contributed by atoms with Crippen molar-refractivity contribution in [1.82, 2.24) is 14.5 Å². The van der Waals surface area contributed by atoms with Crippen molar-refractivity contribution in [2.45, 2.75) is 90.4 Å². The quantitative estimate of drug-likeness (QED) is 0.133. The minimum atomic E-state index is -4.68. The number of benzene rings is 1. The van der Waals surface area contributed by atoms with Gasteiger partial charge in [-0.2, -0.15) is 0 Å². The zero-order chi connectivity index (χ0) is 32.8. The molecule has 0 bridgehead atoms. The minimum Gasteiger partial charge on any atom is -0.444 e. The van der Waals surface area contributed by atoms with Crippen molar-refractivity contribution in [2.24, 2.45) is 5.11 Å². The number of aromatic nitrogens is 2. The Bertz CT molecular complexity index is 1510. The average Bonchev–Trinajstić information content (AvgIpc) is 3.31. The van der Waals surface area contributed by atoms with E-state index in [0.29, 0.717) is 0 Å². The number of hydrogen-bond acceptors (Lipinski definition) is 10. The lowest BCUT2D eigenvalue weighted by Crippen LogP contribution is -2.49. The van der Waals surface area contributed by atoms with Crippen LogP contribution in [-0.2, 0) is 25.0 Å². The second kappa shape index (κ2) is 14.4. The van der Waals surface area contributed by atoms with Crippen LogP contribution in [0.1, 0.15) is 58.4 Å². The van der Waals surface area contributed by atoms with Crippen molar-refractivity contribution in [1.29, 1.82) is 0 Å². The summed E-state index contributed by atoms with van der Waals surface area (Å²) in [5.74, 6) is 0.0140. The molecule has 1 aromatic heterocycles. The van der Waals surface area contributed by atoms with Gasteiger partial charge < -0.3 is 24.0 Å². The largest absolute Gasteiger partial charge is 0.527 e. The number of nitrogens with one attached hydrogen (secondary N) is 1. The number of phosphoric acid groups is 1. The molecule has 2 heterocycles. The lowest BCUT2D eigenvalue weighted by atomic mass is 10.0. The number of phosphoric ester groups is 1. The van der Waals surface area contributed by atoms with Gasteiger partial charge in [0, 0.05) is 29.1 Å². The highest BCUT2D eigenvalue weighted by Gasteiger charge is 2.38. The summed E-state index contributed by atoms with van der Waals surface area (Å²) < 4.78 is 35.5. The van der Waals surface area contributed by atoms with Gasteiger partial charge in [-0.05, 0) is 71.2 Å². The van der Waals surface area contributed by atoms with Crippen molar-refractivity contribution in [3.63, 3.8) is 0 Å². The number of ether oxygens (including phenoxy) is 2. The molecular weight excluding hydrogens is 599 g/mol. The van der Waals surface area contributed by atoms with E-state index in [2.05, 4.69) is 15.0 Å². The molecule has 0 aliphatic carbocycles. The summed E-state index contributed by atoms with van der Waals surface area (Å²) in [5.41, 5.74) is 7.96. The number of hydrogen-bond donors (Lipinski definition) is 3. The van der Waals surface area contributed by atoms with Gasteiger partial charge >= 0.3 is 19.6 Å². The fraction of sp³-hybridized carbons (Fsp3) is 0.593. The van der Waals surface area contributed by atoms with Crippen LogP contribution in [-0.4, -0.2) is 73.6 Å². The van der Waals surface area contributed by atoms with Gasteiger partial charge in [0.1, 0.15) is 17.6 Å². The number of azide groups is 1. The Kier molecular flexibility index (Phi) is 11.4. The molecule has 0 saturated carbocycles. The first kappa shape index (κ1) is 34.8. The number of carbonyl (C=O) groups excluding carboxylic acids is 1. The zero-order valence-corrected chi connectivity index (χ0v) is 26.3. The van der Waals surface area contributed by atoms with Crippen LogP contribution in [0.25, 0.3) is 10.4 Å². The third-order valence-electron chi connectivity index (χ3n) is 6.64. The highest BCUT2D eigenvalue weighted by Crippen LogP contribution is 2.45. The smallest absolute Gasteiger partial charge is 0.444 e. The van der Waals surface area contributed by atoms with Crippen LogP contribution in [0.2, 0.25) is 0 Å². The maximum Gasteiger partial charge on any atom is 0.527 e. The molecule has 0 radical (unpaired) electrons. The number of carbonyl (C=O) groups is 1. The molecule has 3 rings (SSSR count). The van der Waals surface area contributed by atoms with E-state index in [1.165, 1.54) is 30.2 Å². The standard InChI is InChI=1S/C27H39N6O10P/c1-16(2)33(26(37)42-27(4,5)6)19(14-34)11-18-7-9-20(10-8-18)43-44(38,39)40-15-22-21(30-31-28)12-23(41-22)32-13-17(3)24(35)29-25(32)36/h7-10,13,16,19,21-23,34H,11-12,14-15H2,1-6H3,(H,38,39)(H,29,35,36)/t19-,21-,22+,23+/m0/s1. The highest BCUT2D eigenvalue weighted by molar-refractivity contribution is 7.47. The van der Waals surface area contributed by atoms with Gasteiger partial charge in [0.25, 0.3) is 5.56 Å². The molecule has 17 heteroatoms. The van der Waals surface area contributed by atoms with Gasteiger partial charge in [-0.3, -0.25) is 23.8 Å². The van der Waals surface area contributed by atoms with E-state index in [0.717, 1.165) is 10.1 Å². The SMILES string of the molecule is Cc1cn([C@H]2C[C@H](N=[N+]=[N-])[C@@H](COP(=O)(O)Oc3ccc(C[C@@H](CO)N(C(=O)OC(C)(C)C)C(C)C)cc3)O2)c(=O)[nH]c1=O. The normalized spacial score (nSPS) is 20.4. The second-order valence-electron chi connectivity index (χ2n) is 11.6. The molecule has 1 aromatic carbocycles. The third kappa shape index (κ3) is 9.42. The van der Waals surface area contributed by atoms with Crippen LogP contribution < -0.4 is 15.8 Å². The first-order valence-corrected chi connectivity index (χ1v) is 15.4. The summed E-state index contributed by atoms with van der Waals surface area (Å²) >= 11 is 0. The molecule has 1 saturated heterocycles. The number of aryl methyl sites for hydroxylation is 1. The van der Waals surface area contributed by atoms with Crippen LogP contribution in [0.15, 0.2) is 45.2 Å². The van der Waals surface area contributed by atoms with Gasteiger partial charge in [0.15, 0.2) is 0 Å². The molecular formula is C27H39N6O10P. The minimum absolute atomic E-state index is 0.0140. The van der Waals surface area contributed by atoms with E-state index in [1.807, 2.05) is 13.8 Å². The van der Waals surface area contributed by atoms with E-state index in [9.17, 15) is 28.9 Å². The van der Waals surface area contributed by atoms with Crippen molar-refractivity contribution in [2.75, 3.05) is 13.2 Å². The average molecular weight is 639 g/mol. The number of aromatic amines is 1. The monoisotopic (exact) mass is 638 g/mol. The van der Waals surface area contributed by atoms with Crippen LogP contribution in [0, 0.1) is 6.92 Å². The molecule has 1 unspecified atom stereocenters. The molecule has 44 heavy (non-hydrogen) atoms. The van der Waals surface area contributed by atoms with E-state index < -0.39 is 61.8 Å². The topological polar surface area (TPSA) is 218 Å². The molecule has 1 amide bonds. The molecule has 1 aliphatic rings. The Balaban J connectivity index is 1.64. The van der Waals surface area contributed by atoms with Crippen molar-refractivity contribution in [3.8, 4) is 5.75 Å². The Labute approximate surface area is 253 Å². The zero-order valence-electron chi connectivity index (χ0n) is 25.4. The number of rotatable bonds is 12. The third-order valence-corrected chi connectivity index (χ3v) is 7.56. The van der Waals surface area contributed by atoms with Gasteiger partial charge in [0.2, 0.25) is 0 Å². The summed E-state index contributed by atoms with van der Waals surface area (Å²) in [6, 6.07) is 4.46. The van der Waals surface area contributed by atoms with Gasteiger partial charge in [-0.25, -0.2) is 14.2 Å². The van der Waals surface area contributed by atoms with Crippen LogP contribution >= 0.6 is 7.82 Å². The summed E-state index contributed by atoms with van der Waals surface area (Å²) in [4.78, 5) is 53.5. The van der Waals surface area contributed by atoms with Crippen LogP contribution in [0.4, 0.5) is 4.79 Å². The number of amides is 1. The molecule has 16 nitrogen and oxygen atoms in total. The summed E-state index contributed by atoms with van der Waals surface area (Å²) in [6.45, 7) is 9.60. The molecule has 3 N–H and O–H groups in total. The van der Waals surface area contributed by atoms with Gasteiger partial charge in [-0.15, -0.1) is 0 Å². The molecule has 242 valence electrons. The van der Waals surface area contributed by atoms with E-state index >= 15 is 0 Å². The molecule has 1 aliphatic heterocycles. The van der Waals surface area contributed by atoms with E-state index in [4.69, 9.17) is 24.1 Å². The van der Waals surface area contributed by atoms with Crippen LogP contribution in [0.3, 0.4) is 0 Å². The second-order valence-corrected chi connectivity index (χ2v) is 13.0. The Hall–Kier alpha value is -3.65. The first-order valence-electron chi connectivity index (χ1n) is 13.9. The predicted molar refractivity (Wildman–Crippen MR) is 158 cm³/mol. The summed E-state index contributed by atoms with van der Waals surface area (Å²) in [7, 11) is -4.68. The Morgan fingerprint density at radius 3 is 2.52 bits per heavy atom. The maximum atomic E-state index is 12.8. The summed E-state index contributed by atoms with van der Waals surface area (Å²) in [5, 5.41) is 13.7. The Morgan fingerprint density at radius 2 is 1.95 bits per heavy atom. The number of aliphatic hydroxyl groups is 1. The Morgan fingerprint density at radius 1 is 1.30 bits per heavy atom. The van der Waals surface area contributed by atoms with E-state index in [1.54, 1.807) is 32.9 Å². The molecule has 5 atom stereocenters. The lowest BCUT2D eigenvalue weighted by molar-refractivity contribution is -0.0263. The van der Waals surface area contributed by atoms with Crippen molar-refractivity contribution >= 4 is 13.9 Å². The van der Waals surface area contributed by atoms with Crippen molar-refractivity contribution in [3.05, 3.63) is 72.9 Å². The van der Waals surface area contributed by atoms with Gasteiger partial charge in [0.05, 0.1) is 31.4 Å². The maximum absolute atomic E-state index is 12.8. The number of aliphatic hydroxyl groups excluding tert-OH is 1. The molecule has 2 aromatic rings. The van der Waals surface area contributed by atoms with Crippen LogP contribution in [0.5, 0.6) is 5.75 Å². The lowest BCUT2D eigenvalue weighted by Gasteiger charge is -2.35. The molecule has 0 spiro atoms. The summed E-state index contributed by atoms with van der Waals surface area (Å²) in [6.07, 6.45) is -0.818.